The van der Waals surface area contributed by atoms with Gasteiger partial charge in [-0.2, -0.15) is 0 Å². The summed E-state index contributed by atoms with van der Waals surface area (Å²) >= 11 is 7.55. The van der Waals surface area contributed by atoms with Gasteiger partial charge in [-0.1, -0.05) is 11.6 Å². The summed E-state index contributed by atoms with van der Waals surface area (Å²) in [5.41, 5.74) is 0.958. The number of likely N-dealkylation sites (N-methyl/N-ethyl adjacent to an activating group) is 1. The van der Waals surface area contributed by atoms with Gasteiger partial charge in [-0.15, -0.1) is 11.3 Å². The minimum atomic E-state index is -0.995. The summed E-state index contributed by atoms with van der Waals surface area (Å²) in [4.78, 5) is 21.4. The molecular weight excluding hydrogens is 370 g/mol. The number of thiazole rings is 1. The number of aryl methyl sites for hydroxylation is 2. The van der Waals surface area contributed by atoms with Crippen molar-refractivity contribution in [2.24, 2.45) is 0 Å². The number of hydrogen-bond acceptors (Lipinski definition) is 4. The van der Waals surface area contributed by atoms with Crippen LogP contribution in [0.3, 0.4) is 0 Å². The molecule has 7 heteroatoms. The van der Waals surface area contributed by atoms with Crippen LogP contribution >= 0.6 is 22.9 Å². The second-order valence-corrected chi connectivity index (χ2v) is 8.52. The summed E-state index contributed by atoms with van der Waals surface area (Å²) < 4.78 is 7.97. The number of amides is 1. The fourth-order valence-corrected chi connectivity index (χ4v) is 3.91. The molecule has 5 nitrogen and oxygen atoms in total. The smallest absolute Gasteiger partial charge is 0.266 e. The molecule has 0 aliphatic rings. The van der Waals surface area contributed by atoms with Crippen molar-refractivity contribution in [2.45, 2.75) is 39.8 Å². The highest BCUT2D eigenvalue weighted by Crippen LogP contribution is 2.24. The van der Waals surface area contributed by atoms with Crippen molar-refractivity contribution >= 4 is 33.8 Å². The SMILES string of the molecule is Cc1cn2c(CN(C)C(=O)C(C)(C)Oc3ccc(Cl)cc3)c(C)nc2s1. The van der Waals surface area contributed by atoms with E-state index in [-0.39, 0.29) is 5.91 Å². The fraction of sp³-hybridized carbons (Fsp3) is 0.368. The van der Waals surface area contributed by atoms with Crippen LogP contribution in [0, 0.1) is 13.8 Å². The first-order valence-electron chi connectivity index (χ1n) is 8.31. The van der Waals surface area contributed by atoms with Gasteiger partial charge >= 0.3 is 0 Å². The zero-order valence-corrected chi connectivity index (χ0v) is 17.1. The van der Waals surface area contributed by atoms with E-state index in [4.69, 9.17) is 16.3 Å². The molecule has 138 valence electrons. The Kier molecular flexibility index (Phi) is 4.99. The van der Waals surface area contributed by atoms with Gasteiger partial charge in [0.1, 0.15) is 5.75 Å². The number of aromatic nitrogens is 2. The van der Waals surface area contributed by atoms with E-state index >= 15 is 0 Å². The number of hydrogen-bond donors (Lipinski definition) is 0. The average Bonchev–Trinajstić information content (AvgIpc) is 3.05. The Labute approximate surface area is 162 Å². The van der Waals surface area contributed by atoms with Crippen LogP contribution in [0.2, 0.25) is 5.02 Å². The molecule has 2 aromatic heterocycles. The lowest BCUT2D eigenvalue weighted by molar-refractivity contribution is -0.144. The number of benzene rings is 1. The number of carbonyl (C=O) groups is 1. The van der Waals surface area contributed by atoms with E-state index in [1.807, 2.05) is 6.92 Å². The first kappa shape index (κ1) is 18.7. The molecule has 0 radical (unpaired) electrons. The van der Waals surface area contributed by atoms with Crippen molar-refractivity contribution in [1.29, 1.82) is 0 Å². The van der Waals surface area contributed by atoms with Gasteiger partial charge in [-0.3, -0.25) is 9.20 Å². The molecule has 0 unspecified atom stereocenters. The predicted molar refractivity (Wildman–Crippen MR) is 105 cm³/mol. The molecule has 0 spiro atoms. The molecule has 26 heavy (non-hydrogen) atoms. The van der Waals surface area contributed by atoms with Crippen molar-refractivity contribution in [3.05, 3.63) is 51.7 Å². The lowest BCUT2D eigenvalue weighted by Gasteiger charge is -2.30. The Morgan fingerprint density at radius 2 is 1.96 bits per heavy atom. The second-order valence-electron chi connectivity index (χ2n) is 6.87. The molecule has 0 atom stereocenters. The van der Waals surface area contributed by atoms with Crippen LogP contribution in [0.25, 0.3) is 4.96 Å². The largest absolute Gasteiger partial charge is 0.478 e. The van der Waals surface area contributed by atoms with Gasteiger partial charge in [-0.25, -0.2) is 4.98 Å². The summed E-state index contributed by atoms with van der Waals surface area (Å²) in [6.07, 6.45) is 2.06. The first-order chi connectivity index (χ1) is 12.2. The summed E-state index contributed by atoms with van der Waals surface area (Å²) in [5, 5.41) is 0.630. The normalized spacial score (nSPS) is 11.8. The molecule has 3 rings (SSSR count). The van der Waals surface area contributed by atoms with E-state index in [0.29, 0.717) is 17.3 Å². The molecule has 0 aliphatic carbocycles. The Balaban J connectivity index is 1.77. The molecule has 0 fully saturated rings. The number of carbonyl (C=O) groups excluding carboxylic acids is 1. The minimum Gasteiger partial charge on any atom is -0.478 e. The molecule has 1 aromatic carbocycles. The van der Waals surface area contributed by atoms with Gasteiger partial charge in [0.2, 0.25) is 0 Å². The summed E-state index contributed by atoms with van der Waals surface area (Å²) in [5.74, 6) is 0.506. The van der Waals surface area contributed by atoms with E-state index in [0.717, 1.165) is 16.3 Å². The summed E-state index contributed by atoms with van der Waals surface area (Å²) in [7, 11) is 1.79. The van der Waals surface area contributed by atoms with E-state index in [9.17, 15) is 4.79 Å². The highest BCUT2D eigenvalue weighted by Gasteiger charge is 2.33. The van der Waals surface area contributed by atoms with E-state index < -0.39 is 5.60 Å². The third-order valence-electron chi connectivity index (χ3n) is 4.18. The monoisotopic (exact) mass is 391 g/mol. The van der Waals surface area contributed by atoms with Gasteiger partial charge in [-0.05, 0) is 52.0 Å². The topological polar surface area (TPSA) is 46.8 Å². The molecule has 0 aliphatic heterocycles. The van der Waals surface area contributed by atoms with Crippen LogP contribution in [-0.2, 0) is 11.3 Å². The summed E-state index contributed by atoms with van der Waals surface area (Å²) in [6.45, 7) is 8.03. The van der Waals surface area contributed by atoms with Gasteiger partial charge in [0.15, 0.2) is 10.6 Å². The average molecular weight is 392 g/mol. The van der Waals surface area contributed by atoms with Gasteiger partial charge in [0.25, 0.3) is 5.91 Å². The maximum absolute atomic E-state index is 13.0. The first-order valence-corrected chi connectivity index (χ1v) is 9.51. The number of ether oxygens (including phenoxy) is 1. The lowest BCUT2D eigenvalue weighted by atomic mass is 10.1. The fourth-order valence-electron chi connectivity index (χ4n) is 2.90. The van der Waals surface area contributed by atoms with Gasteiger partial charge in [0.05, 0.1) is 17.9 Å². The number of halogens is 1. The molecule has 2 heterocycles. The summed E-state index contributed by atoms with van der Waals surface area (Å²) in [6, 6.07) is 7.01. The van der Waals surface area contributed by atoms with Crippen molar-refractivity contribution in [2.75, 3.05) is 7.05 Å². The molecular formula is C19H22ClN3O2S. The van der Waals surface area contributed by atoms with E-state index in [2.05, 4.69) is 22.5 Å². The zero-order chi connectivity index (χ0) is 19.1. The number of rotatable bonds is 5. The maximum Gasteiger partial charge on any atom is 0.266 e. The quantitative estimate of drug-likeness (QED) is 0.644. The number of nitrogens with zero attached hydrogens (tertiary/aromatic N) is 3. The molecule has 3 aromatic rings. The van der Waals surface area contributed by atoms with Gasteiger partial charge in [0, 0.05) is 23.1 Å². The Bertz CT molecular complexity index is 944. The van der Waals surface area contributed by atoms with Crippen LogP contribution in [-0.4, -0.2) is 32.8 Å². The highest BCUT2D eigenvalue weighted by molar-refractivity contribution is 7.17. The Morgan fingerprint density at radius 3 is 2.62 bits per heavy atom. The van der Waals surface area contributed by atoms with Crippen LogP contribution in [0.1, 0.15) is 30.1 Å². The number of imidazole rings is 1. The minimum absolute atomic E-state index is 0.103. The third-order valence-corrected chi connectivity index (χ3v) is 5.33. The molecule has 0 saturated heterocycles. The molecule has 0 bridgehead atoms. The van der Waals surface area contributed by atoms with E-state index in [1.165, 1.54) is 4.88 Å². The van der Waals surface area contributed by atoms with Crippen molar-refractivity contribution in [3.63, 3.8) is 0 Å². The zero-order valence-electron chi connectivity index (χ0n) is 15.5. The van der Waals surface area contributed by atoms with Crippen LogP contribution in [0.4, 0.5) is 0 Å². The van der Waals surface area contributed by atoms with Crippen molar-refractivity contribution < 1.29 is 9.53 Å². The van der Waals surface area contributed by atoms with Crippen molar-refractivity contribution in [3.8, 4) is 5.75 Å². The van der Waals surface area contributed by atoms with Crippen LogP contribution in [0.5, 0.6) is 5.75 Å². The standard InChI is InChI=1S/C19H22ClN3O2S/c1-12-10-23-16(13(2)21-18(23)26-12)11-22(5)17(24)19(3,4)25-15-8-6-14(20)7-9-15/h6-10H,11H2,1-5H3. The molecule has 1 amide bonds. The van der Waals surface area contributed by atoms with E-state index in [1.54, 1.807) is 61.4 Å². The van der Waals surface area contributed by atoms with Crippen LogP contribution in [0.15, 0.2) is 30.5 Å². The Hall–Kier alpha value is -2.05. The van der Waals surface area contributed by atoms with Crippen molar-refractivity contribution in [1.82, 2.24) is 14.3 Å². The maximum atomic E-state index is 13.0. The Morgan fingerprint density at radius 1 is 1.31 bits per heavy atom. The number of fused-ring (bicyclic) bond motifs is 1. The predicted octanol–water partition coefficient (Wildman–Crippen LogP) is 4.48. The van der Waals surface area contributed by atoms with Gasteiger partial charge < -0.3 is 9.64 Å². The second kappa shape index (κ2) is 6.93. The molecule has 0 saturated carbocycles. The molecule has 0 N–H and O–H groups in total. The highest BCUT2D eigenvalue weighted by atomic mass is 35.5. The third kappa shape index (κ3) is 3.71. The lowest BCUT2D eigenvalue weighted by Crippen LogP contribution is -2.47. The van der Waals surface area contributed by atoms with Crippen LogP contribution < -0.4 is 4.74 Å².